The lowest BCUT2D eigenvalue weighted by Crippen LogP contribution is -2.33. The summed E-state index contributed by atoms with van der Waals surface area (Å²) in [6.07, 6.45) is 4.34. The van der Waals surface area contributed by atoms with Crippen molar-refractivity contribution in [2.24, 2.45) is 0 Å². The van der Waals surface area contributed by atoms with E-state index in [1.54, 1.807) is 0 Å². The van der Waals surface area contributed by atoms with Crippen LogP contribution in [0, 0.1) is 0 Å². The average Bonchev–Trinajstić information content (AvgIpc) is 2.18. The van der Waals surface area contributed by atoms with Crippen LogP contribution in [-0.2, 0) is 19.1 Å². The van der Waals surface area contributed by atoms with E-state index >= 15 is 0 Å². The summed E-state index contributed by atoms with van der Waals surface area (Å²) in [6, 6.07) is 0. The number of carbonyl (C=O) groups is 2. The van der Waals surface area contributed by atoms with Crippen LogP contribution in [0.25, 0.3) is 0 Å². The Labute approximate surface area is 89.2 Å². The van der Waals surface area contributed by atoms with E-state index < -0.39 is 18.4 Å². The molecule has 4 nitrogen and oxygen atoms in total. The number of carbonyl (C=O) groups excluding carboxylic acids is 2. The smallest absolute Gasteiger partial charge is 0.305 e. The van der Waals surface area contributed by atoms with E-state index in [2.05, 4.69) is 0 Å². The largest absolute Gasteiger partial charge is 0.432 e. The Morgan fingerprint density at radius 3 is 2.93 bits per heavy atom. The maximum Gasteiger partial charge on any atom is 0.305 e. The first-order valence-corrected chi connectivity index (χ1v) is 5.18. The summed E-state index contributed by atoms with van der Waals surface area (Å²) in [4.78, 5) is 22.1. The topological polar surface area (TPSA) is 52.6 Å². The van der Waals surface area contributed by atoms with Gasteiger partial charge in [0.25, 0.3) is 0 Å². The number of esters is 1. The predicted molar refractivity (Wildman–Crippen MR) is 54.1 cm³/mol. The van der Waals surface area contributed by atoms with Crippen molar-refractivity contribution >= 4 is 11.8 Å². The highest BCUT2D eigenvalue weighted by molar-refractivity contribution is 5.94. The van der Waals surface area contributed by atoms with E-state index in [1.807, 2.05) is 6.92 Å². The molecule has 0 radical (unpaired) electrons. The molecule has 0 N–H and O–H groups in total. The highest BCUT2D eigenvalue weighted by Gasteiger charge is 2.25. The molecular formula is C11H16O4. The highest BCUT2D eigenvalue weighted by atomic mass is 16.7. The summed E-state index contributed by atoms with van der Waals surface area (Å²) in [5, 5.41) is 0. The second-order valence-electron chi connectivity index (χ2n) is 3.51. The minimum absolute atomic E-state index is 0.0492. The van der Waals surface area contributed by atoms with Crippen molar-refractivity contribution in [1.29, 1.82) is 0 Å². The molecule has 0 aromatic heterocycles. The van der Waals surface area contributed by atoms with Gasteiger partial charge < -0.3 is 9.47 Å². The minimum Gasteiger partial charge on any atom is -0.432 e. The van der Waals surface area contributed by atoms with Gasteiger partial charge in [0.05, 0.1) is 0 Å². The first-order valence-electron chi connectivity index (χ1n) is 5.18. The Hall–Kier alpha value is -1.16. The lowest BCUT2D eigenvalue weighted by Gasteiger charge is -2.24. The summed E-state index contributed by atoms with van der Waals surface area (Å²) in [5.74, 6) is -0.458. The van der Waals surface area contributed by atoms with Gasteiger partial charge in [0.15, 0.2) is 5.78 Å². The van der Waals surface area contributed by atoms with Crippen LogP contribution in [0.4, 0.5) is 0 Å². The molecule has 0 saturated heterocycles. The van der Waals surface area contributed by atoms with Crippen molar-refractivity contribution in [2.45, 2.75) is 45.5 Å². The van der Waals surface area contributed by atoms with Gasteiger partial charge in [0.2, 0.25) is 6.29 Å². The lowest BCUT2D eigenvalue weighted by molar-refractivity contribution is -0.180. The maximum absolute atomic E-state index is 11.4. The molecule has 2 atom stereocenters. The van der Waals surface area contributed by atoms with E-state index in [1.165, 1.54) is 19.1 Å². The molecular weight excluding hydrogens is 196 g/mol. The average molecular weight is 212 g/mol. The third kappa shape index (κ3) is 3.83. The zero-order valence-corrected chi connectivity index (χ0v) is 9.06. The van der Waals surface area contributed by atoms with Crippen molar-refractivity contribution in [1.82, 2.24) is 0 Å². The molecule has 1 heterocycles. The molecule has 1 aliphatic heterocycles. The minimum atomic E-state index is -0.706. The first kappa shape index (κ1) is 11.9. The van der Waals surface area contributed by atoms with E-state index in [9.17, 15) is 9.59 Å². The molecule has 0 aromatic rings. The van der Waals surface area contributed by atoms with Crippen LogP contribution in [0.5, 0.6) is 0 Å². The number of hydrogen-bond donors (Lipinski definition) is 0. The zero-order chi connectivity index (χ0) is 11.3. The quantitative estimate of drug-likeness (QED) is 0.664. The lowest BCUT2D eigenvalue weighted by atomic mass is 10.1. The summed E-state index contributed by atoms with van der Waals surface area (Å²) < 4.78 is 10.2. The summed E-state index contributed by atoms with van der Waals surface area (Å²) in [5.41, 5.74) is 0. The van der Waals surface area contributed by atoms with Gasteiger partial charge in [0.1, 0.15) is 6.10 Å². The molecule has 1 rings (SSSR count). The monoisotopic (exact) mass is 212 g/mol. The van der Waals surface area contributed by atoms with Gasteiger partial charge in [-0.3, -0.25) is 9.59 Å². The fourth-order valence-electron chi connectivity index (χ4n) is 1.39. The highest BCUT2D eigenvalue weighted by Crippen LogP contribution is 2.15. The van der Waals surface area contributed by atoms with Crippen LogP contribution in [0.2, 0.25) is 0 Å². The van der Waals surface area contributed by atoms with Crippen molar-refractivity contribution in [3.8, 4) is 0 Å². The summed E-state index contributed by atoms with van der Waals surface area (Å²) in [7, 11) is 0. The standard InChI is InChI=1S/C11H16O4/c1-3-4-5-10-9(13)6-7-11(15-10)14-8(2)12/h6-7,10-11H,3-5H2,1-2H3/t10-,11+/m0/s1. The van der Waals surface area contributed by atoms with Crippen molar-refractivity contribution < 1.29 is 19.1 Å². The van der Waals surface area contributed by atoms with E-state index in [-0.39, 0.29) is 5.78 Å². The Kier molecular flexibility index (Phi) is 4.49. The Morgan fingerprint density at radius 1 is 1.60 bits per heavy atom. The van der Waals surface area contributed by atoms with Crippen LogP contribution in [-0.4, -0.2) is 24.1 Å². The second-order valence-corrected chi connectivity index (χ2v) is 3.51. The molecule has 0 aromatic carbocycles. The Morgan fingerprint density at radius 2 is 2.33 bits per heavy atom. The van der Waals surface area contributed by atoms with Crippen LogP contribution >= 0.6 is 0 Å². The van der Waals surface area contributed by atoms with Gasteiger partial charge in [-0.05, 0) is 18.6 Å². The van der Waals surface area contributed by atoms with Crippen LogP contribution in [0.3, 0.4) is 0 Å². The number of rotatable bonds is 4. The number of ether oxygens (including phenoxy) is 2. The van der Waals surface area contributed by atoms with Crippen molar-refractivity contribution in [2.75, 3.05) is 0 Å². The maximum atomic E-state index is 11.4. The van der Waals surface area contributed by atoms with Crippen LogP contribution in [0.1, 0.15) is 33.1 Å². The van der Waals surface area contributed by atoms with Crippen molar-refractivity contribution in [3.63, 3.8) is 0 Å². The van der Waals surface area contributed by atoms with Crippen LogP contribution < -0.4 is 0 Å². The SMILES string of the molecule is CCCC[C@@H]1O[C@@H](OC(C)=O)C=CC1=O. The Balaban J connectivity index is 2.50. The first-order chi connectivity index (χ1) is 7.13. The van der Waals surface area contributed by atoms with Gasteiger partial charge in [-0.2, -0.15) is 0 Å². The number of unbranched alkanes of at least 4 members (excludes halogenated alkanes) is 1. The van der Waals surface area contributed by atoms with Gasteiger partial charge in [-0.1, -0.05) is 19.8 Å². The number of ketones is 1. The second kappa shape index (κ2) is 5.66. The fourth-order valence-corrected chi connectivity index (χ4v) is 1.39. The molecule has 0 aliphatic carbocycles. The summed E-state index contributed by atoms with van der Waals surface area (Å²) >= 11 is 0. The third-order valence-corrected chi connectivity index (χ3v) is 2.14. The van der Waals surface area contributed by atoms with E-state index in [0.717, 1.165) is 12.8 Å². The molecule has 1 aliphatic rings. The van der Waals surface area contributed by atoms with Gasteiger partial charge >= 0.3 is 5.97 Å². The zero-order valence-electron chi connectivity index (χ0n) is 9.06. The molecule has 0 bridgehead atoms. The molecule has 0 spiro atoms. The predicted octanol–water partition coefficient (Wildman–Crippen LogP) is 1.59. The normalized spacial score (nSPS) is 25.3. The van der Waals surface area contributed by atoms with E-state index in [0.29, 0.717) is 6.42 Å². The molecule has 0 fully saturated rings. The molecule has 4 heteroatoms. The molecule has 0 saturated carbocycles. The fraction of sp³-hybridized carbons (Fsp3) is 0.636. The van der Waals surface area contributed by atoms with Gasteiger partial charge in [0, 0.05) is 6.92 Å². The molecule has 0 unspecified atom stereocenters. The van der Waals surface area contributed by atoms with Crippen molar-refractivity contribution in [3.05, 3.63) is 12.2 Å². The summed E-state index contributed by atoms with van der Waals surface area (Å²) in [6.45, 7) is 3.36. The Bertz CT molecular complexity index is 270. The third-order valence-electron chi connectivity index (χ3n) is 2.14. The van der Waals surface area contributed by atoms with E-state index in [4.69, 9.17) is 9.47 Å². The molecule has 15 heavy (non-hydrogen) atoms. The molecule has 84 valence electrons. The van der Waals surface area contributed by atoms with Gasteiger partial charge in [-0.25, -0.2) is 0 Å². The van der Waals surface area contributed by atoms with Gasteiger partial charge in [-0.15, -0.1) is 0 Å². The van der Waals surface area contributed by atoms with Crippen LogP contribution in [0.15, 0.2) is 12.2 Å². The molecule has 0 amide bonds. The number of hydrogen-bond acceptors (Lipinski definition) is 4.